The number of aromatic nitrogens is 2. The number of rotatable bonds is 4. The number of para-hydroxylation sites is 1. The Hall–Kier alpha value is -1.07. The predicted molar refractivity (Wildman–Crippen MR) is 77.4 cm³/mol. The maximum absolute atomic E-state index is 11.2. The Balaban J connectivity index is 2.43. The smallest absolute Gasteiger partial charge is 0.201 e. The molecule has 0 radical (unpaired) electrons. The average molecular weight is 286 g/mol. The fraction of sp³-hybridized carbons (Fsp3) is 0.417. The third-order valence-electron chi connectivity index (χ3n) is 2.95. The number of halogens is 1. The highest BCUT2D eigenvalue weighted by atomic mass is 35.5. The van der Waals surface area contributed by atoms with E-state index in [0.717, 1.165) is 17.5 Å². The molecule has 0 bridgehead atoms. The number of imidazole rings is 1. The number of benzene rings is 1. The van der Waals surface area contributed by atoms with Gasteiger partial charge in [-0.2, -0.15) is 0 Å². The molecular weight excluding hydrogens is 270 g/mol. The Bertz CT molecular complexity index is 596. The highest BCUT2D eigenvalue weighted by Crippen LogP contribution is 2.29. The van der Waals surface area contributed by atoms with E-state index in [1.165, 1.54) is 0 Å². The second-order valence-electron chi connectivity index (χ2n) is 4.36. The molecule has 98 valence electrons. The lowest BCUT2D eigenvalue weighted by Crippen LogP contribution is -2.11. The topological polar surface area (TPSA) is 60.9 Å². The Kier molecular flexibility index (Phi) is 3.92. The first-order chi connectivity index (χ1) is 8.50. The zero-order valence-electron chi connectivity index (χ0n) is 10.4. The Labute approximate surface area is 114 Å². The van der Waals surface area contributed by atoms with E-state index in [9.17, 15) is 4.21 Å². The van der Waals surface area contributed by atoms with Crippen molar-refractivity contribution in [2.24, 2.45) is 0 Å². The molecule has 0 amide bonds. The summed E-state index contributed by atoms with van der Waals surface area (Å²) < 4.78 is 13.1. The van der Waals surface area contributed by atoms with Gasteiger partial charge >= 0.3 is 0 Å². The van der Waals surface area contributed by atoms with Gasteiger partial charge in [0, 0.05) is 28.9 Å². The van der Waals surface area contributed by atoms with E-state index in [0.29, 0.717) is 16.7 Å². The Morgan fingerprint density at radius 3 is 2.94 bits per heavy atom. The van der Waals surface area contributed by atoms with E-state index in [-0.39, 0.29) is 6.04 Å². The summed E-state index contributed by atoms with van der Waals surface area (Å²) in [5, 5.41) is 0.640. The molecular formula is C12H16ClN3OS. The van der Waals surface area contributed by atoms with Crippen LogP contribution in [0.15, 0.2) is 18.2 Å². The molecule has 0 saturated heterocycles. The lowest BCUT2D eigenvalue weighted by Gasteiger charge is -2.15. The van der Waals surface area contributed by atoms with Gasteiger partial charge in [-0.1, -0.05) is 17.7 Å². The molecule has 0 saturated carbocycles. The third kappa shape index (κ3) is 2.52. The minimum Gasteiger partial charge on any atom is -0.369 e. The molecule has 18 heavy (non-hydrogen) atoms. The molecule has 0 aliphatic carbocycles. The number of anilines is 1. The monoisotopic (exact) mass is 285 g/mol. The molecule has 1 heterocycles. The van der Waals surface area contributed by atoms with Crippen molar-refractivity contribution >= 4 is 39.4 Å². The molecule has 0 aliphatic rings. The van der Waals surface area contributed by atoms with Crippen LogP contribution in [0.1, 0.15) is 19.4 Å². The van der Waals surface area contributed by atoms with Crippen molar-refractivity contribution in [1.29, 1.82) is 0 Å². The van der Waals surface area contributed by atoms with Crippen molar-refractivity contribution in [1.82, 2.24) is 9.55 Å². The number of nitrogen functional groups attached to an aromatic ring is 1. The lowest BCUT2D eigenvalue weighted by molar-refractivity contribution is 0.552. The second kappa shape index (κ2) is 5.28. The lowest BCUT2D eigenvalue weighted by atomic mass is 10.2. The molecule has 1 aromatic heterocycles. The minimum absolute atomic E-state index is 0.124. The van der Waals surface area contributed by atoms with Crippen molar-refractivity contribution in [3.8, 4) is 0 Å². The molecule has 2 rings (SSSR count). The molecule has 2 aromatic rings. The molecule has 0 spiro atoms. The molecule has 1 aromatic carbocycles. The van der Waals surface area contributed by atoms with Crippen LogP contribution in [-0.4, -0.2) is 25.8 Å². The summed E-state index contributed by atoms with van der Waals surface area (Å²) in [6.07, 6.45) is 2.49. The van der Waals surface area contributed by atoms with Crippen LogP contribution in [0.3, 0.4) is 0 Å². The summed E-state index contributed by atoms with van der Waals surface area (Å²) in [6, 6.07) is 5.69. The minimum atomic E-state index is -0.801. The van der Waals surface area contributed by atoms with E-state index < -0.39 is 10.8 Å². The third-order valence-corrected chi connectivity index (χ3v) is 4.07. The normalized spacial score (nSPS) is 14.8. The SMILES string of the molecule is CC(CCS(C)=O)n1c(N)nc2cccc(Cl)c21. The van der Waals surface area contributed by atoms with Gasteiger partial charge in [-0.05, 0) is 25.5 Å². The summed E-state index contributed by atoms with van der Waals surface area (Å²) in [5.74, 6) is 1.09. The van der Waals surface area contributed by atoms with Crippen LogP contribution < -0.4 is 5.73 Å². The summed E-state index contributed by atoms with van der Waals surface area (Å²) in [4.78, 5) is 4.30. The molecule has 0 aliphatic heterocycles. The van der Waals surface area contributed by atoms with Gasteiger partial charge in [-0.25, -0.2) is 4.98 Å². The maximum atomic E-state index is 11.2. The second-order valence-corrected chi connectivity index (χ2v) is 6.32. The highest BCUT2D eigenvalue weighted by molar-refractivity contribution is 7.84. The van der Waals surface area contributed by atoms with E-state index in [1.54, 1.807) is 6.26 Å². The van der Waals surface area contributed by atoms with Gasteiger partial charge in [-0.3, -0.25) is 4.21 Å². The van der Waals surface area contributed by atoms with Gasteiger partial charge in [0.05, 0.1) is 16.1 Å². The quantitative estimate of drug-likeness (QED) is 0.939. The van der Waals surface area contributed by atoms with Crippen molar-refractivity contribution in [2.75, 3.05) is 17.7 Å². The summed E-state index contributed by atoms with van der Waals surface area (Å²) in [7, 11) is -0.801. The highest BCUT2D eigenvalue weighted by Gasteiger charge is 2.16. The maximum Gasteiger partial charge on any atom is 0.201 e. The first-order valence-electron chi connectivity index (χ1n) is 5.72. The number of hydrogen-bond acceptors (Lipinski definition) is 3. The van der Waals surface area contributed by atoms with Crippen molar-refractivity contribution < 1.29 is 4.21 Å². The molecule has 2 unspecified atom stereocenters. The van der Waals surface area contributed by atoms with E-state index >= 15 is 0 Å². The standard InChI is InChI=1S/C12H16ClN3OS/c1-8(6-7-18(2)17)16-11-9(13)4-3-5-10(11)15-12(16)14/h3-5,8H,6-7H2,1-2H3,(H2,14,15). The van der Waals surface area contributed by atoms with Crippen molar-refractivity contribution in [3.05, 3.63) is 23.2 Å². The molecule has 6 heteroatoms. The summed E-state index contributed by atoms with van der Waals surface area (Å²) in [5.41, 5.74) is 7.60. The van der Waals surface area contributed by atoms with E-state index in [1.807, 2.05) is 29.7 Å². The molecule has 0 fully saturated rings. The van der Waals surface area contributed by atoms with Crippen LogP contribution in [-0.2, 0) is 10.8 Å². The summed E-state index contributed by atoms with van der Waals surface area (Å²) >= 11 is 6.21. The van der Waals surface area contributed by atoms with Crippen molar-refractivity contribution in [3.63, 3.8) is 0 Å². The molecule has 4 nitrogen and oxygen atoms in total. The Morgan fingerprint density at radius 2 is 2.28 bits per heavy atom. The average Bonchev–Trinajstić information content (AvgIpc) is 2.63. The fourth-order valence-corrected chi connectivity index (χ4v) is 2.97. The van der Waals surface area contributed by atoms with Gasteiger partial charge in [-0.15, -0.1) is 0 Å². The number of hydrogen-bond donors (Lipinski definition) is 1. The largest absolute Gasteiger partial charge is 0.369 e. The van der Waals surface area contributed by atoms with Crippen LogP contribution in [0.2, 0.25) is 5.02 Å². The van der Waals surface area contributed by atoms with Crippen molar-refractivity contribution in [2.45, 2.75) is 19.4 Å². The zero-order chi connectivity index (χ0) is 13.3. The molecule has 2 atom stereocenters. The van der Waals surface area contributed by atoms with Gasteiger partial charge in [0.15, 0.2) is 0 Å². The van der Waals surface area contributed by atoms with Gasteiger partial charge in [0.1, 0.15) is 0 Å². The van der Waals surface area contributed by atoms with Crippen LogP contribution in [0.25, 0.3) is 11.0 Å². The fourth-order valence-electron chi connectivity index (χ4n) is 2.04. The van der Waals surface area contributed by atoms with Gasteiger partial charge < -0.3 is 10.3 Å². The first-order valence-corrected chi connectivity index (χ1v) is 7.83. The van der Waals surface area contributed by atoms with Gasteiger partial charge in [0.25, 0.3) is 0 Å². The van der Waals surface area contributed by atoms with Crippen LogP contribution in [0.4, 0.5) is 5.95 Å². The van der Waals surface area contributed by atoms with E-state index in [2.05, 4.69) is 4.98 Å². The van der Waals surface area contributed by atoms with Crippen LogP contribution >= 0.6 is 11.6 Å². The van der Waals surface area contributed by atoms with Crippen LogP contribution in [0.5, 0.6) is 0 Å². The van der Waals surface area contributed by atoms with Gasteiger partial charge in [0.2, 0.25) is 5.95 Å². The zero-order valence-corrected chi connectivity index (χ0v) is 12.0. The number of nitrogens with zero attached hydrogens (tertiary/aromatic N) is 2. The number of fused-ring (bicyclic) bond motifs is 1. The predicted octanol–water partition coefficient (Wildman–Crippen LogP) is 2.60. The van der Waals surface area contributed by atoms with Crippen LogP contribution in [0, 0.1) is 0 Å². The Morgan fingerprint density at radius 1 is 1.56 bits per heavy atom. The van der Waals surface area contributed by atoms with E-state index in [4.69, 9.17) is 17.3 Å². The molecule has 2 N–H and O–H groups in total. The number of nitrogens with two attached hydrogens (primary N) is 1. The summed E-state index contributed by atoms with van der Waals surface area (Å²) in [6.45, 7) is 2.04. The first kappa shape index (κ1) is 13.4.